The predicted molar refractivity (Wildman–Crippen MR) is 66.2 cm³/mol. The molecule has 2 heterocycles. The first-order valence-electron chi connectivity index (χ1n) is 6.28. The second-order valence-electron chi connectivity index (χ2n) is 4.53. The third-order valence-electron chi connectivity index (χ3n) is 3.16. The zero-order valence-electron chi connectivity index (χ0n) is 10.1. The minimum atomic E-state index is -0.417. The van der Waals surface area contributed by atoms with Gasteiger partial charge in [-0.15, -0.1) is 0 Å². The van der Waals surface area contributed by atoms with Crippen molar-refractivity contribution < 1.29 is 14.3 Å². The molecule has 18 heavy (non-hydrogen) atoms. The molecule has 94 valence electrons. The Morgan fingerprint density at radius 2 is 1.67 bits per heavy atom. The van der Waals surface area contributed by atoms with Crippen molar-refractivity contribution in [3.8, 4) is 11.5 Å². The summed E-state index contributed by atoms with van der Waals surface area (Å²) < 4.78 is 10.8. The van der Waals surface area contributed by atoms with Crippen LogP contribution in [0.3, 0.4) is 0 Å². The van der Waals surface area contributed by atoms with Crippen molar-refractivity contribution in [1.82, 2.24) is 4.90 Å². The lowest BCUT2D eigenvalue weighted by Crippen LogP contribution is -2.29. The lowest BCUT2D eigenvalue weighted by molar-refractivity contribution is -0.134. The van der Waals surface area contributed by atoms with Gasteiger partial charge in [0.05, 0.1) is 6.20 Å². The van der Waals surface area contributed by atoms with Gasteiger partial charge in [-0.3, -0.25) is 0 Å². The zero-order chi connectivity index (χ0) is 12.4. The van der Waals surface area contributed by atoms with Gasteiger partial charge in [-0.2, -0.15) is 0 Å². The molecule has 2 aliphatic rings. The highest BCUT2D eigenvalue weighted by molar-refractivity contribution is 5.90. The van der Waals surface area contributed by atoms with E-state index in [0.29, 0.717) is 11.5 Å². The molecule has 1 aromatic rings. The van der Waals surface area contributed by atoms with Crippen molar-refractivity contribution in [2.75, 3.05) is 13.1 Å². The van der Waals surface area contributed by atoms with Crippen LogP contribution in [-0.2, 0) is 4.79 Å². The van der Waals surface area contributed by atoms with E-state index in [4.69, 9.17) is 9.47 Å². The van der Waals surface area contributed by atoms with Crippen molar-refractivity contribution in [2.24, 2.45) is 0 Å². The highest BCUT2D eigenvalue weighted by Crippen LogP contribution is 2.32. The average molecular weight is 245 g/mol. The van der Waals surface area contributed by atoms with Crippen LogP contribution >= 0.6 is 0 Å². The minimum Gasteiger partial charge on any atom is -0.444 e. The number of esters is 1. The maximum absolute atomic E-state index is 11.8. The molecule has 1 saturated heterocycles. The molecule has 0 N–H and O–H groups in total. The van der Waals surface area contributed by atoms with Gasteiger partial charge >= 0.3 is 5.97 Å². The maximum atomic E-state index is 11.8. The number of carbonyl (C=O) groups is 1. The van der Waals surface area contributed by atoms with Gasteiger partial charge in [-0.05, 0) is 31.4 Å². The van der Waals surface area contributed by atoms with Gasteiger partial charge in [0.2, 0.25) is 5.76 Å². The first-order valence-corrected chi connectivity index (χ1v) is 6.28. The second kappa shape index (κ2) is 4.72. The molecule has 0 unspecified atom stereocenters. The van der Waals surface area contributed by atoms with E-state index in [9.17, 15) is 4.79 Å². The van der Waals surface area contributed by atoms with Crippen LogP contribution in [0.2, 0.25) is 0 Å². The van der Waals surface area contributed by atoms with Crippen molar-refractivity contribution in [2.45, 2.75) is 19.3 Å². The number of rotatable bonds is 1. The minimum absolute atomic E-state index is 0.274. The molecule has 0 amide bonds. The molecule has 4 heteroatoms. The van der Waals surface area contributed by atoms with Crippen LogP contribution in [0.5, 0.6) is 11.5 Å². The van der Waals surface area contributed by atoms with E-state index < -0.39 is 5.97 Å². The number of nitrogens with zero attached hydrogens (tertiary/aromatic N) is 1. The summed E-state index contributed by atoms with van der Waals surface area (Å²) in [5, 5.41) is 0. The van der Waals surface area contributed by atoms with Crippen molar-refractivity contribution in [3.05, 3.63) is 36.2 Å². The molecule has 0 aromatic heterocycles. The smallest absolute Gasteiger partial charge is 0.381 e. The van der Waals surface area contributed by atoms with Crippen LogP contribution in [0.25, 0.3) is 0 Å². The van der Waals surface area contributed by atoms with E-state index in [1.54, 1.807) is 18.3 Å². The highest BCUT2D eigenvalue weighted by Gasteiger charge is 2.25. The number of piperidine rings is 1. The summed E-state index contributed by atoms with van der Waals surface area (Å²) in [4.78, 5) is 13.9. The van der Waals surface area contributed by atoms with Crippen molar-refractivity contribution in [3.63, 3.8) is 0 Å². The molecule has 0 atom stereocenters. The molecule has 3 rings (SSSR count). The highest BCUT2D eigenvalue weighted by atomic mass is 16.6. The Hall–Kier alpha value is -1.97. The monoisotopic (exact) mass is 245 g/mol. The molecular formula is C14H15NO3. The molecule has 0 bridgehead atoms. The fourth-order valence-corrected chi connectivity index (χ4v) is 2.22. The lowest BCUT2D eigenvalue weighted by atomic mass is 10.1. The largest absolute Gasteiger partial charge is 0.444 e. The molecule has 4 nitrogen and oxygen atoms in total. The molecular weight excluding hydrogens is 230 g/mol. The second-order valence-corrected chi connectivity index (χ2v) is 4.53. The van der Waals surface area contributed by atoms with Gasteiger partial charge in [0.15, 0.2) is 11.5 Å². The van der Waals surface area contributed by atoms with Gasteiger partial charge in [0.25, 0.3) is 0 Å². The Bertz CT molecular complexity index is 490. The average Bonchev–Trinajstić information content (AvgIpc) is 2.41. The maximum Gasteiger partial charge on any atom is 0.381 e. The van der Waals surface area contributed by atoms with E-state index in [-0.39, 0.29) is 5.76 Å². The number of carbonyl (C=O) groups excluding carboxylic acids is 1. The van der Waals surface area contributed by atoms with E-state index >= 15 is 0 Å². The summed E-state index contributed by atoms with van der Waals surface area (Å²) in [6.07, 6.45) is 5.36. The van der Waals surface area contributed by atoms with Gasteiger partial charge < -0.3 is 14.4 Å². The van der Waals surface area contributed by atoms with Crippen LogP contribution in [-0.4, -0.2) is 24.0 Å². The molecule has 2 aliphatic heterocycles. The number of para-hydroxylation sites is 2. The Morgan fingerprint density at radius 3 is 2.39 bits per heavy atom. The van der Waals surface area contributed by atoms with Gasteiger partial charge in [-0.1, -0.05) is 12.1 Å². The standard InChI is InChI=1S/C14H15NO3/c16-14-13(10-15-8-4-1-5-9-15)17-11-6-2-3-7-12(11)18-14/h2-3,6-7,10H,1,4-5,8-9H2/b13-10-. The topological polar surface area (TPSA) is 38.8 Å². The Morgan fingerprint density at radius 1 is 1.00 bits per heavy atom. The lowest BCUT2D eigenvalue weighted by Gasteiger charge is -2.26. The predicted octanol–water partition coefficient (Wildman–Crippen LogP) is 2.31. The Balaban J connectivity index is 1.81. The zero-order valence-corrected chi connectivity index (χ0v) is 10.1. The normalized spacial score (nSPS) is 21.2. The van der Waals surface area contributed by atoms with Crippen LogP contribution in [0, 0.1) is 0 Å². The van der Waals surface area contributed by atoms with Crippen molar-refractivity contribution >= 4 is 5.97 Å². The van der Waals surface area contributed by atoms with Crippen LogP contribution in [0.1, 0.15) is 19.3 Å². The van der Waals surface area contributed by atoms with Crippen LogP contribution in [0.4, 0.5) is 0 Å². The Labute approximate surface area is 106 Å². The van der Waals surface area contributed by atoms with Crippen molar-refractivity contribution in [1.29, 1.82) is 0 Å². The third-order valence-corrected chi connectivity index (χ3v) is 3.16. The summed E-state index contributed by atoms with van der Waals surface area (Å²) in [7, 11) is 0. The summed E-state index contributed by atoms with van der Waals surface area (Å²) in [5.41, 5.74) is 0. The summed E-state index contributed by atoms with van der Waals surface area (Å²) in [6.45, 7) is 1.95. The van der Waals surface area contributed by atoms with E-state index in [1.165, 1.54) is 6.42 Å². The summed E-state index contributed by atoms with van der Waals surface area (Å²) in [5.74, 6) is 0.938. The fraction of sp³-hybridized carbons (Fsp3) is 0.357. The summed E-state index contributed by atoms with van der Waals surface area (Å²) >= 11 is 0. The molecule has 0 spiro atoms. The molecule has 0 aliphatic carbocycles. The van der Waals surface area contributed by atoms with Crippen LogP contribution in [0.15, 0.2) is 36.2 Å². The quantitative estimate of drug-likeness (QED) is 0.432. The molecule has 1 fully saturated rings. The summed E-state index contributed by atoms with van der Waals surface area (Å²) in [6, 6.07) is 7.20. The number of hydrogen-bond acceptors (Lipinski definition) is 4. The number of fused-ring (bicyclic) bond motifs is 1. The fourth-order valence-electron chi connectivity index (χ4n) is 2.22. The Kier molecular flexibility index (Phi) is 2.92. The van der Waals surface area contributed by atoms with E-state index in [2.05, 4.69) is 4.90 Å². The SMILES string of the molecule is O=C1Oc2ccccc2O/C1=C\N1CCCCC1. The first-order chi connectivity index (χ1) is 8.83. The van der Waals surface area contributed by atoms with E-state index in [1.807, 2.05) is 12.1 Å². The first kappa shape index (κ1) is 11.1. The molecule has 0 saturated carbocycles. The van der Waals surface area contributed by atoms with E-state index in [0.717, 1.165) is 25.9 Å². The number of benzene rings is 1. The number of ether oxygens (including phenoxy) is 2. The van der Waals surface area contributed by atoms with Gasteiger partial charge in [0.1, 0.15) is 0 Å². The number of likely N-dealkylation sites (tertiary alicyclic amines) is 1. The third kappa shape index (κ3) is 2.18. The molecule has 0 radical (unpaired) electrons. The van der Waals surface area contributed by atoms with Crippen LogP contribution < -0.4 is 9.47 Å². The number of hydrogen-bond donors (Lipinski definition) is 0. The van der Waals surface area contributed by atoms with Gasteiger partial charge in [-0.25, -0.2) is 4.79 Å². The molecule has 1 aromatic carbocycles. The van der Waals surface area contributed by atoms with Gasteiger partial charge in [0, 0.05) is 13.1 Å².